The van der Waals surface area contributed by atoms with Gasteiger partial charge >= 0.3 is 0 Å². The first-order chi connectivity index (χ1) is 8.79. The molecule has 0 aliphatic carbocycles. The minimum Gasteiger partial charge on any atom is -0.489 e. The number of ether oxygens (including phenoxy) is 1. The SMILES string of the molecule is CNCCOc1cnc(-c2cccc(Br)c2)nc1. The van der Waals surface area contributed by atoms with Crippen molar-refractivity contribution in [1.29, 1.82) is 0 Å². The van der Waals surface area contributed by atoms with Crippen LogP contribution in [-0.2, 0) is 0 Å². The van der Waals surface area contributed by atoms with Crippen LogP contribution in [0.15, 0.2) is 41.1 Å². The number of halogens is 1. The van der Waals surface area contributed by atoms with Gasteiger partial charge in [-0.3, -0.25) is 0 Å². The van der Waals surface area contributed by atoms with Gasteiger partial charge in [0, 0.05) is 16.6 Å². The molecule has 2 rings (SSSR count). The minimum atomic E-state index is 0.607. The van der Waals surface area contributed by atoms with Gasteiger partial charge in [-0.05, 0) is 19.2 Å². The van der Waals surface area contributed by atoms with Gasteiger partial charge in [-0.1, -0.05) is 28.1 Å². The largest absolute Gasteiger partial charge is 0.489 e. The predicted molar refractivity (Wildman–Crippen MR) is 74.6 cm³/mol. The van der Waals surface area contributed by atoms with Crippen LogP contribution in [0.5, 0.6) is 5.75 Å². The van der Waals surface area contributed by atoms with Crippen molar-refractivity contribution in [1.82, 2.24) is 15.3 Å². The van der Waals surface area contributed by atoms with Crippen molar-refractivity contribution < 1.29 is 4.74 Å². The van der Waals surface area contributed by atoms with E-state index in [9.17, 15) is 0 Å². The summed E-state index contributed by atoms with van der Waals surface area (Å²) in [5.74, 6) is 1.38. The Balaban J connectivity index is 2.07. The van der Waals surface area contributed by atoms with Crippen LogP contribution in [0.1, 0.15) is 0 Å². The van der Waals surface area contributed by atoms with Gasteiger partial charge in [-0.2, -0.15) is 0 Å². The minimum absolute atomic E-state index is 0.607. The van der Waals surface area contributed by atoms with E-state index in [-0.39, 0.29) is 0 Å². The van der Waals surface area contributed by atoms with Crippen LogP contribution in [0.25, 0.3) is 11.4 Å². The highest BCUT2D eigenvalue weighted by atomic mass is 79.9. The van der Waals surface area contributed by atoms with Gasteiger partial charge < -0.3 is 10.1 Å². The molecule has 0 saturated heterocycles. The lowest BCUT2D eigenvalue weighted by Crippen LogP contribution is -2.16. The Morgan fingerprint density at radius 3 is 2.72 bits per heavy atom. The van der Waals surface area contributed by atoms with Crippen molar-refractivity contribution in [3.63, 3.8) is 0 Å². The summed E-state index contributed by atoms with van der Waals surface area (Å²) in [7, 11) is 1.89. The third-order valence-corrected chi connectivity index (χ3v) is 2.83. The first-order valence-corrected chi connectivity index (χ1v) is 6.44. The second-order valence-corrected chi connectivity index (χ2v) is 4.62. The molecule has 1 aromatic heterocycles. The molecule has 0 atom stereocenters. The molecule has 0 bridgehead atoms. The molecule has 0 amide bonds. The molecule has 94 valence electrons. The highest BCUT2D eigenvalue weighted by molar-refractivity contribution is 9.10. The quantitative estimate of drug-likeness (QED) is 0.862. The van der Waals surface area contributed by atoms with Gasteiger partial charge in [0.05, 0.1) is 12.4 Å². The van der Waals surface area contributed by atoms with Crippen LogP contribution in [0, 0.1) is 0 Å². The molecule has 0 unspecified atom stereocenters. The van der Waals surface area contributed by atoms with Crippen molar-refractivity contribution in [3.8, 4) is 17.1 Å². The molecule has 18 heavy (non-hydrogen) atoms. The normalized spacial score (nSPS) is 10.3. The van der Waals surface area contributed by atoms with Crippen molar-refractivity contribution in [2.75, 3.05) is 20.2 Å². The molecule has 0 fully saturated rings. The number of aromatic nitrogens is 2. The molecular weight excluding hydrogens is 294 g/mol. The standard InChI is InChI=1S/C13H14BrN3O/c1-15-5-6-18-12-8-16-13(17-9-12)10-3-2-4-11(14)7-10/h2-4,7-9,15H,5-6H2,1H3. The first-order valence-electron chi connectivity index (χ1n) is 5.65. The van der Waals surface area contributed by atoms with Crippen LogP contribution in [-0.4, -0.2) is 30.2 Å². The lowest BCUT2D eigenvalue weighted by Gasteiger charge is -2.05. The maximum atomic E-state index is 5.46. The summed E-state index contributed by atoms with van der Waals surface area (Å²) >= 11 is 3.43. The summed E-state index contributed by atoms with van der Waals surface area (Å²) in [5, 5.41) is 3.01. The fraction of sp³-hybridized carbons (Fsp3) is 0.231. The number of nitrogens with zero attached hydrogens (tertiary/aromatic N) is 2. The number of nitrogens with one attached hydrogen (secondary N) is 1. The number of hydrogen-bond donors (Lipinski definition) is 1. The topological polar surface area (TPSA) is 47.0 Å². The van der Waals surface area contributed by atoms with E-state index in [4.69, 9.17) is 4.74 Å². The molecule has 0 saturated carbocycles. The molecule has 2 aromatic rings. The Morgan fingerprint density at radius 2 is 2.06 bits per heavy atom. The van der Waals surface area contributed by atoms with Crippen molar-refractivity contribution in [2.24, 2.45) is 0 Å². The Labute approximate surface area is 115 Å². The van der Waals surface area contributed by atoms with Crippen LogP contribution < -0.4 is 10.1 Å². The van der Waals surface area contributed by atoms with E-state index in [1.165, 1.54) is 0 Å². The molecule has 1 aromatic carbocycles. The number of benzene rings is 1. The maximum Gasteiger partial charge on any atom is 0.159 e. The molecule has 0 radical (unpaired) electrons. The lowest BCUT2D eigenvalue weighted by molar-refractivity contribution is 0.316. The van der Waals surface area contributed by atoms with E-state index in [1.807, 2.05) is 31.3 Å². The number of rotatable bonds is 5. The fourth-order valence-corrected chi connectivity index (χ4v) is 1.84. The van der Waals surface area contributed by atoms with E-state index in [0.717, 1.165) is 16.6 Å². The van der Waals surface area contributed by atoms with E-state index in [0.29, 0.717) is 18.2 Å². The number of hydrogen-bond acceptors (Lipinski definition) is 4. The summed E-state index contributed by atoms with van der Waals surface area (Å²) in [6.45, 7) is 1.41. The van der Waals surface area contributed by atoms with E-state index in [2.05, 4.69) is 31.2 Å². The summed E-state index contributed by atoms with van der Waals surface area (Å²) in [4.78, 5) is 8.58. The average Bonchev–Trinajstić information content (AvgIpc) is 2.40. The van der Waals surface area contributed by atoms with Gasteiger partial charge in [-0.25, -0.2) is 9.97 Å². The Bertz CT molecular complexity index is 502. The van der Waals surface area contributed by atoms with Gasteiger partial charge in [0.2, 0.25) is 0 Å². The fourth-order valence-electron chi connectivity index (χ4n) is 1.44. The van der Waals surface area contributed by atoms with Crippen LogP contribution >= 0.6 is 15.9 Å². The Morgan fingerprint density at radius 1 is 1.28 bits per heavy atom. The summed E-state index contributed by atoms with van der Waals surface area (Å²) in [6.07, 6.45) is 3.39. The molecule has 0 spiro atoms. The Hall–Kier alpha value is -1.46. The van der Waals surface area contributed by atoms with Gasteiger partial charge in [0.1, 0.15) is 6.61 Å². The zero-order valence-corrected chi connectivity index (χ0v) is 11.6. The Kier molecular flexibility index (Phi) is 4.66. The third-order valence-electron chi connectivity index (χ3n) is 2.33. The van der Waals surface area contributed by atoms with Crippen LogP contribution in [0.4, 0.5) is 0 Å². The zero-order valence-electron chi connectivity index (χ0n) is 10.1. The second-order valence-electron chi connectivity index (χ2n) is 3.70. The lowest BCUT2D eigenvalue weighted by atomic mass is 10.2. The highest BCUT2D eigenvalue weighted by Crippen LogP contribution is 2.20. The molecule has 0 aliphatic rings. The monoisotopic (exact) mass is 307 g/mol. The van der Waals surface area contributed by atoms with Gasteiger partial charge in [0.15, 0.2) is 11.6 Å². The van der Waals surface area contributed by atoms with E-state index >= 15 is 0 Å². The van der Waals surface area contributed by atoms with Gasteiger partial charge in [-0.15, -0.1) is 0 Å². The molecule has 1 N–H and O–H groups in total. The summed E-state index contributed by atoms with van der Waals surface area (Å²) in [6, 6.07) is 7.89. The maximum absolute atomic E-state index is 5.46. The van der Waals surface area contributed by atoms with Crippen molar-refractivity contribution in [2.45, 2.75) is 0 Å². The van der Waals surface area contributed by atoms with Crippen LogP contribution in [0.2, 0.25) is 0 Å². The molecule has 1 heterocycles. The molecular formula is C13H14BrN3O. The smallest absolute Gasteiger partial charge is 0.159 e. The first kappa shape index (κ1) is 13.0. The predicted octanol–water partition coefficient (Wildman–Crippen LogP) is 2.50. The van der Waals surface area contributed by atoms with E-state index < -0.39 is 0 Å². The molecule has 5 heteroatoms. The summed E-state index contributed by atoms with van der Waals surface area (Å²) in [5.41, 5.74) is 0.978. The van der Waals surface area contributed by atoms with Crippen molar-refractivity contribution in [3.05, 3.63) is 41.1 Å². The highest BCUT2D eigenvalue weighted by Gasteiger charge is 2.02. The molecule has 4 nitrogen and oxygen atoms in total. The zero-order chi connectivity index (χ0) is 12.8. The van der Waals surface area contributed by atoms with E-state index in [1.54, 1.807) is 12.4 Å². The number of likely N-dealkylation sites (N-methyl/N-ethyl adjacent to an activating group) is 1. The van der Waals surface area contributed by atoms with Crippen molar-refractivity contribution >= 4 is 15.9 Å². The van der Waals surface area contributed by atoms with Crippen LogP contribution in [0.3, 0.4) is 0 Å². The third kappa shape index (κ3) is 3.51. The van der Waals surface area contributed by atoms with Gasteiger partial charge in [0.25, 0.3) is 0 Å². The molecule has 0 aliphatic heterocycles. The second kappa shape index (κ2) is 6.47. The average molecular weight is 308 g/mol. The summed E-state index contributed by atoms with van der Waals surface area (Å²) < 4.78 is 6.48.